The monoisotopic (exact) mass is 260 g/mol. The third-order valence-corrected chi connectivity index (χ3v) is 2.35. The van der Waals surface area contributed by atoms with E-state index in [1.165, 1.54) is 0 Å². The molecule has 0 spiro atoms. The highest BCUT2D eigenvalue weighted by Gasteiger charge is 2.29. The zero-order chi connectivity index (χ0) is 14.3. The van der Waals surface area contributed by atoms with Crippen LogP contribution >= 0.6 is 0 Å². The number of nitrogens with zero attached hydrogens (tertiary/aromatic N) is 1. The van der Waals surface area contributed by atoms with Crippen molar-refractivity contribution in [3.05, 3.63) is 0 Å². The van der Waals surface area contributed by atoms with Crippen LogP contribution in [0, 0.1) is 5.92 Å². The molecular weight excluding hydrogens is 240 g/mol. The Morgan fingerprint density at radius 2 is 1.78 bits per heavy atom. The minimum atomic E-state index is -1.21. The largest absolute Gasteiger partial charge is 0.481 e. The summed E-state index contributed by atoms with van der Waals surface area (Å²) in [5.41, 5.74) is 5.24. The first-order valence-corrected chi connectivity index (χ1v) is 5.73. The standard InChI is InChI=1S/C11H20N2O5/c1-7(2)6-13(9(14)5-12)8(11(17)18)3-4-10(15)16/h7-8H,3-6,12H2,1-2H3,(H,15,16)(H,17,18)/t8-/m0/s1. The zero-order valence-electron chi connectivity index (χ0n) is 10.6. The van der Waals surface area contributed by atoms with Crippen molar-refractivity contribution >= 4 is 17.8 Å². The molecule has 18 heavy (non-hydrogen) atoms. The number of carbonyl (C=O) groups excluding carboxylic acids is 1. The van der Waals surface area contributed by atoms with Gasteiger partial charge in [0.25, 0.3) is 0 Å². The lowest BCUT2D eigenvalue weighted by Gasteiger charge is -2.30. The average molecular weight is 260 g/mol. The molecule has 0 saturated heterocycles. The summed E-state index contributed by atoms with van der Waals surface area (Å²) in [6.07, 6.45) is -0.424. The number of carboxylic acids is 2. The second-order valence-electron chi connectivity index (χ2n) is 4.43. The molecule has 104 valence electrons. The molecular formula is C11H20N2O5. The molecule has 0 aliphatic rings. The Morgan fingerprint density at radius 1 is 1.22 bits per heavy atom. The van der Waals surface area contributed by atoms with Crippen molar-refractivity contribution in [1.82, 2.24) is 4.90 Å². The first-order chi connectivity index (χ1) is 8.29. The van der Waals surface area contributed by atoms with Gasteiger partial charge >= 0.3 is 11.9 Å². The number of nitrogens with two attached hydrogens (primary N) is 1. The molecule has 0 bridgehead atoms. The van der Waals surface area contributed by atoms with Crippen molar-refractivity contribution in [2.45, 2.75) is 32.7 Å². The Labute approximate surface area is 106 Å². The molecule has 7 heteroatoms. The van der Waals surface area contributed by atoms with Gasteiger partial charge in [0, 0.05) is 13.0 Å². The Morgan fingerprint density at radius 3 is 2.11 bits per heavy atom. The van der Waals surface area contributed by atoms with Gasteiger partial charge in [-0.25, -0.2) is 4.79 Å². The third-order valence-electron chi connectivity index (χ3n) is 2.35. The highest BCUT2D eigenvalue weighted by molar-refractivity contribution is 5.85. The second-order valence-corrected chi connectivity index (χ2v) is 4.43. The quantitative estimate of drug-likeness (QED) is 0.553. The lowest BCUT2D eigenvalue weighted by Crippen LogP contribution is -2.49. The van der Waals surface area contributed by atoms with Crippen molar-refractivity contribution in [3.63, 3.8) is 0 Å². The Kier molecular flexibility index (Phi) is 6.96. The summed E-state index contributed by atoms with van der Waals surface area (Å²) in [5, 5.41) is 17.7. The molecule has 0 radical (unpaired) electrons. The van der Waals surface area contributed by atoms with Gasteiger partial charge in [0.2, 0.25) is 5.91 Å². The Hall–Kier alpha value is -1.63. The van der Waals surface area contributed by atoms with Gasteiger partial charge in [0.15, 0.2) is 0 Å². The van der Waals surface area contributed by atoms with Crippen LogP contribution in [0.5, 0.6) is 0 Å². The molecule has 7 nitrogen and oxygen atoms in total. The van der Waals surface area contributed by atoms with Crippen LogP contribution in [0.25, 0.3) is 0 Å². The SMILES string of the molecule is CC(C)CN(C(=O)CN)[C@@H](CCC(=O)O)C(=O)O. The lowest BCUT2D eigenvalue weighted by atomic mass is 10.1. The van der Waals surface area contributed by atoms with Crippen LogP contribution in [-0.2, 0) is 14.4 Å². The number of hydrogen-bond donors (Lipinski definition) is 3. The molecule has 0 aliphatic heterocycles. The summed E-state index contributed by atoms with van der Waals surface area (Å²) < 4.78 is 0. The van der Waals surface area contributed by atoms with E-state index in [0.29, 0.717) is 0 Å². The van der Waals surface area contributed by atoms with Crippen molar-refractivity contribution < 1.29 is 24.6 Å². The maximum Gasteiger partial charge on any atom is 0.326 e. The number of hydrogen-bond acceptors (Lipinski definition) is 4. The van der Waals surface area contributed by atoms with E-state index in [2.05, 4.69) is 0 Å². The predicted octanol–water partition coefficient (Wildman–Crippen LogP) is -0.252. The molecule has 4 N–H and O–H groups in total. The molecule has 0 fully saturated rings. The molecule has 0 aliphatic carbocycles. The minimum Gasteiger partial charge on any atom is -0.481 e. The highest BCUT2D eigenvalue weighted by Crippen LogP contribution is 2.11. The number of carboxylic acid groups (broad SMARTS) is 2. The summed E-state index contributed by atoms with van der Waals surface area (Å²) in [5.74, 6) is -2.71. The van der Waals surface area contributed by atoms with E-state index in [1.54, 1.807) is 0 Å². The van der Waals surface area contributed by atoms with E-state index >= 15 is 0 Å². The summed E-state index contributed by atoms with van der Waals surface area (Å²) in [4.78, 5) is 34.4. The minimum absolute atomic E-state index is 0.0761. The normalized spacial score (nSPS) is 12.2. The predicted molar refractivity (Wildman–Crippen MR) is 63.9 cm³/mol. The molecule has 0 saturated carbocycles. The molecule has 0 aromatic rings. The summed E-state index contributed by atoms with van der Waals surface area (Å²) in [6.45, 7) is 3.63. The molecule has 1 atom stereocenters. The molecule has 0 unspecified atom stereocenters. The zero-order valence-corrected chi connectivity index (χ0v) is 10.6. The lowest BCUT2D eigenvalue weighted by molar-refractivity contribution is -0.151. The molecule has 0 aromatic carbocycles. The second kappa shape index (κ2) is 7.65. The van der Waals surface area contributed by atoms with Gasteiger partial charge in [0.05, 0.1) is 6.54 Å². The van der Waals surface area contributed by atoms with E-state index in [0.717, 1.165) is 4.90 Å². The van der Waals surface area contributed by atoms with Gasteiger partial charge < -0.3 is 20.8 Å². The van der Waals surface area contributed by atoms with Gasteiger partial charge in [-0.3, -0.25) is 9.59 Å². The van der Waals surface area contributed by atoms with Crippen LogP contribution in [0.1, 0.15) is 26.7 Å². The van der Waals surface area contributed by atoms with E-state index in [-0.39, 0.29) is 31.8 Å². The van der Waals surface area contributed by atoms with Crippen molar-refractivity contribution in [2.24, 2.45) is 11.7 Å². The van der Waals surface area contributed by atoms with Gasteiger partial charge in [-0.15, -0.1) is 0 Å². The van der Waals surface area contributed by atoms with Crippen LogP contribution in [0.3, 0.4) is 0 Å². The highest BCUT2D eigenvalue weighted by atomic mass is 16.4. The summed E-state index contributed by atoms with van der Waals surface area (Å²) >= 11 is 0. The van der Waals surface area contributed by atoms with Crippen LogP contribution in [0.2, 0.25) is 0 Å². The maximum atomic E-state index is 11.6. The molecule has 0 aromatic heterocycles. The van der Waals surface area contributed by atoms with E-state index in [4.69, 9.17) is 15.9 Å². The summed E-state index contributed by atoms with van der Waals surface area (Å²) in [7, 11) is 0. The molecule has 0 rings (SSSR count). The smallest absolute Gasteiger partial charge is 0.326 e. The van der Waals surface area contributed by atoms with Crippen LogP contribution in [0.4, 0.5) is 0 Å². The molecule has 0 heterocycles. The van der Waals surface area contributed by atoms with Crippen LogP contribution in [-0.4, -0.2) is 52.1 Å². The fourth-order valence-corrected chi connectivity index (χ4v) is 1.59. The third kappa shape index (κ3) is 5.62. The van der Waals surface area contributed by atoms with Gasteiger partial charge in [-0.05, 0) is 12.3 Å². The van der Waals surface area contributed by atoms with Crippen LogP contribution < -0.4 is 5.73 Å². The maximum absolute atomic E-state index is 11.6. The van der Waals surface area contributed by atoms with E-state index in [1.807, 2.05) is 13.8 Å². The molecule has 1 amide bonds. The van der Waals surface area contributed by atoms with Crippen molar-refractivity contribution in [3.8, 4) is 0 Å². The first-order valence-electron chi connectivity index (χ1n) is 5.73. The van der Waals surface area contributed by atoms with Crippen molar-refractivity contribution in [2.75, 3.05) is 13.1 Å². The summed E-state index contributed by atoms with van der Waals surface area (Å²) in [6, 6.07) is -1.14. The number of aliphatic carboxylic acids is 2. The fourth-order valence-electron chi connectivity index (χ4n) is 1.59. The van der Waals surface area contributed by atoms with Crippen molar-refractivity contribution in [1.29, 1.82) is 0 Å². The van der Waals surface area contributed by atoms with Gasteiger partial charge in [0.1, 0.15) is 6.04 Å². The topological polar surface area (TPSA) is 121 Å². The number of carbonyl (C=O) groups is 3. The Balaban J connectivity index is 4.90. The van der Waals surface area contributed by atoms with Gasteiger partial charge in [-0.1, -0.05) is 13.8 Å². The number of amides is 1. The van der Waals surface area contributed by atoms with E-state index in [9.17, 15) is 14.4 Å². The van der Waals surface area contributed by atoms with Gasteiger partial charge in [-0.2, -0.15) is 0 Å². The Bertz CT molecular complexity index is 317. The number of rotatable bonds is 8. The van der Waals surface area contributed by atoms with E-state index < -0.39 is 23.9 Å². The van der Waals surface area contributed by atoms with Crippen LogP contribution in [0.15, 0.2) is 0 Å². The average Bonchev–Trinajstić information content (AvgIpc) is 2.25. The fraction of sp³-hybridized carbons (Fsp3) is 0.727. The first kappa shape index (κ1) is 16.4.